The minimum atomic E-state index is -2.51. The molecule has 0 aromatic heterocycles. The minimum Gasteiger partial charge on any atom is -0.394 e. The fraction of sp³-hybridized carbons (Fsp3) is 0.955. The smallest absolute Gasteiger partial charge is 0.217 e. The third kappa shape index (κ3) is 20.8. The fourth-order valence-electron chi connectivity index (χ4n) is 15.4. The van der Waals surface area contributed by atoms with Gasteiger partial charge in [-0.15, -0.1) is 0 Å². The summed E-state index contributed by atoms with van der Waals surface area (Å²) in [6.45, 7) is -3.75. The summed E-state index contributed by atoms with van der Waals surface area (Å²) >= 11 is 0. The van der Waals surface area contributed by atoms with Crippen LogP contribution in [0.3, 0.4) is 0 Å². The SMILES string of the molecule is CC(=O)N[C@H]1[C@H](O[C@H]2[C@@H](O)[C@@H](CO)OC(O[C@H]3[C@H](O[C@@H]4O[C@@H](C)[C@@H](O)[C@@H](O)[C@@H]4O)[C@@H](NC(C)=O)[C@H](OC[C@H]4O[C@@H](O[C@H]5[C@H](O)[C@@H](O)C(O)O[C@@H]5CO)[C@H](O)[C@@H](O[C@@H]5O[C@H](CO)[C@@H](O[C@@H]6O[C@@H](C)[C@@H](O)[C@@H](O)[C@@H]6O)[C@H](O[C@@H]6O[C@H](CO)[C@H](O)[C@H](O)[C@H]6O)[C@H]5NC(C)=O)[C@H]4O)O[C@@H]3CO)[C@@H]2O)O[C@H](CO)[C@@H](O[C@@H]2O[C@H](CO)[C@H](O)[C@H](O)[C@H]2O)[C@@H]1O. The Labute approximate surface area is 668 Å². The van der Waals surface area contributed by atoms with Gasteiger partial charge in [-0.2, -0.15) is 0 Å². The van der Waals surface area contributed by atoms with Crippen LogP contribution >= 0.6 is 0 Å². The van der Waals surface area contributed by atoms with Gasteiger partial charge in [0.15, 0.2) is 62.9 Å². The monoisotopic (exact) mass is 1730 g/mol. The van der Waals surface area contributed by atoms with E-state index in [0.29, 0.717) is 0 Å². The Balaban J connectivity index is 0.983. The van der Waals surface area contributed by atoms with Gasteiger partial charge < -0.3 is 244 Å². The largest absolute Gasteiger partial charge is 0.394 e. The lowest BCUT2D eigenvalue weighted by Crippen LogP contribution is -2.71. The Bertz CT molecular complexity index is 3140. The Morgan fingerprint density at radius 2 is 0.508 bits per heavy atom. The molecule has 10 aliphatic heterocycles. The molecule has 2 unspecified atom stereocenters. The maximum Gasteiger partial charge on any atom is 0.217 e. The van der Waals surface area contributed by atoms with Crippen molar-refractivity contribution in [3.05, 3.63) is 0 Å². The van der Waals surface area contributed by atoms with Crippen molar-refractivity contribution in [3.63, 3.8) is 0 Å². The number of amides is 3. The number of rotatable bonds is 29. The van der Waals surface area contributed by atoms with Gasteiger partial charge in [-0.25, -0.2) is 0 Å². The summed E-state index contributed by atoms with van der Waals surface area (Å²) in [5, 5.41) is 306. The van der Waals surface area contributed by atoms with E-state index in [2.05, 4.69) is 16.0 Å². The second-order valence-electron chi connectivity index (χ2n) is 30.2. The van der Waals surface area contributed by atoms with Crippen molar-refractivity contribution in [2.45, 2.75) is 341 Å². The van der Waals surface area contributed by atoms with Gasteiger partial charge in [0.1, 0.15) is 232 Å². The van der Waals surface area contributed by atoms with Crippen molar-refractivity contribution >= 4 is 17.7 Å². The van der Waals surface area contributed by atoms with Gasteiger partial charge in [0, 0.05) is 20.8 Å². The molecule has 10 saturated heterocycles. The number of ether oxygens (including phenoxy) is 19. The molecule has 0 bridgehead atoms. The van der Waals surface area contributed by atoms with Gasteiger partial charge in [0.25, 0.3) is 0 Å². The molecule has 118 heavy (non-hydrogen) atoms. The summed E-state index contributed by atoms with van der Waals surface area (Å²) in [7, 11) is 0. The third-order valence-corrected chi connectivity index (χ3v) is 22.0. The molecule has 52 heteroatoms. The molecule has 10 fully saturated rings. The first-order chi connectivity index (χ1) is 55.8. The lowest BCUT2D eigenvalue weighted by atomic mass is 9.93. The molecule has 3 amide bonds. The number of aliphatic hydroxyl groups is 27. The Morgan fingerprint density at radius 1 is 0.237 bits per heavy atom. The van der Waals surface area contributed by atoms with E-state index in [1.807, 2.05) is 0 Å². The highest BCUT2D eigenvalue weighted by molar-refractivity contribution is 5.74. The second kappa shape index (κ2) is 41.8. The predicted molar refractivity (Wildman–Crippen MR) is 362 cm³/mol. The van der Waals surface area contributed by atoms with Crippen molar-refractivity contribution in [3.8, 4) is 0 Å². The average molecular weight is 1730 g/mol. The number of carbonyl (C=O) groups is 3. The van der Waals surface area contributed by atoms with Crippen LogP contribution in [0.15, 0.2) is 0 Å². The van der Waals surface area contributed by atoms with E-state index < -0.39 is 377 Å². The summed E-state index contributed by atoms with van der Waals surface area (Å²) < 4.78 is 114. The molecule has 30 N–H and O–H groups in total. The van der Waals surface area contributed by atoms with Gasteiger partial charge >= 0.3 is 0 Å². The second-order valence-corrected chi connectivity index (χ2v) is 30.2. The zero-order chi connectivity index (χ0) is 86.8. The van der Waals surface area contributed by atoms with Gasteiger partial charge in [0.05, 0.1) is 65.1 Å². The molecule has 0 aliphatic carbocycles. The van der Waals surface area contributed by atoms with Crippen LogP contribution < -0.4 is 16.0 Å². The molecule has 10 heterocycles. The summed E-state index contributed by atoms with van der Waals surface area (Å²) in [6.07, 6.45) is -96.8. The summed E-state index contributed by atoms with van der Waals surface area (Å²) in [5.74, 6) is -2.95. The van der Waals surface area contributed by atoms with Crippen molar-refractivity contribution in [2.75, 3.05) is 52.9 Å². The first kappa shape index (κ1) is 96.8. The predicted octanol–water partition coefficient (Wildman–Crippen LogP) is -20.3. The summed E-state index contributed by atoms with van der Waals surface area (Å²) in [6, 6.07) is -5.95. The highest BCUT2D eigenvalue weighted by Crippen LogP contribution is 2.41. The van der Waals surface area contributed by atoms with E-state index in [0.717, 1.165) is 20.8 Å². The molecular formula is C66H111N3O49. The van der Waals surface area contributed by atoms with E-state index in [-0.39, 0.29) is 0 Å². The van der Waals surface area contributed by atoms with E-state index in [1.54, 1.807) is 0 Å². The van der Waals surface area contributed by atoms with E-state index >= 15 is 0 Å². The van der Waals surface area contributed by atoms with E-state index in [4.69, 9.17) is 90.0 Å². The highest BCUT2D eigenvalue weighted by atomic mass is 16.8. The highest BCUT2D eigenvalue weighted by Gasteiger charge is 2.62. The zero-order valence-corrected chi connectivity index (χ0v) is 63.6. The Kier molecular flexibility index (Phi) is 34.3. The quantitative estimate of drug-likeness (QED) is 0.0331. The summed E-state index contributed by atoms with van der Waals surface area (Å²) in [5.41, 5.74) is 0. The molecule has 50 atom stereocenters. The van der Waals surface area contributed by atoms with Crippen molar-refractivity contribution in [2.24, 2.45) is 0 Å². The first-order valence-corrected chi connectivity index (χ1v) is 37.9. The molecule has 0 spiro atoms. The van der Waals surface area contributed by atoms with Gasteiger partial charge in [0.2, 0.25) is 17.7 Å². The number of carbonyl (C=O) groups excluding carboxylic acids is 3. The number of aliphatic hydroxyl groups excluding tert-OH is 27. The Morgan fingerprint density at radius 3 is 0.907 bits per heavy atom. The number of nitrogens with one attached hydrogen (secondary N) is 3. The van der Waals surface area contributed by atoms with Gasteiger partial charge in [-0.1, -0.05) is 0 Å². The van der Waals surface area contributed by atoms with Crippen LogP contribution in [-0.2, 0) is 104 Å². The first-order valence-electron chi connectivity index (χ1n) is 37.9. The summed E-state index contributed by atoms with van der Waals surface area (Å²) in [4.78, 5) is 40.0. The molecule has 0 radical (unpaired) electrons. The van der Waals surface area contributed by atoms with Crippen LogP contribution in [0.4, 0.5) is 0 Å². The average Bonchev–Trinajstić information content (AvgIpc) is 0.772. The standard InChI is InChI=1S/C66H111N3O49/c1-14-30(80)37(87)43(93)61(101-14)113-52-25(12-76)109-60(29(69-18(5)79)54(52)116-64-46(96)40(90)33(83)20(7-71)105-64)118-56-35(85)26(110-66(48(56)98)112-50-22(9-73)103-57(99)42(92)41(50)91)13-100-58-28(68-17(4)78)53(115-62-44(94)38(88)31(81)15(2)102-62)51(24(11-75)107-58)114-65-47(97)55(34(84)21(8-72)106-65)117-59-27(67-16(3)77)36(86)49(23(10-74)108-59)111-63-45(95)39(89)32(82)19(6-70)104-63/h14-15,19-66,70-76,80-99H,6-13H2,1-5H3,(H,67,77)(H,68,78)(H,69,79)/t14-,15-,19+,20+,21+,22+,23+,24+,25+,26+,27+,28+,29+,30+,31+,32-,33-,34-,35-,36+,37+,38+,39-,40-,41+,42+,43-,44-,45+,46+,47+,48+,49+,50+,51+,52+,53+,54+,55-,56-,57?,58+,59-,60-,61-,62-,63-,64-,65?,66-/m0/s1. The van der Waals surface area contributed by atoms with Crippen LogP contribution in [0.5, 0.6) is 0 Å². The molecular weight excluding hydrogens is 1620 g/mol. The lowest BCUT2D eigenvalue weighted by Gasteiger charge is -2.52. The molecule has 684 valence electrons. The maximum absolute atomic E-state index is 13.7. The van der Waals surface area contributed by atoms with Crippen LogP contribution in [0, 0.1) is 0 Å². The van der Waals surface area contributed by atoms with E-state index in [9.17, 15) is 152 Å². The van der Waals surface area contributed by atoms with Crippen LogP contribution in [-0.4, -0.2) is 515 Å². The molecule has 0 aromatic carbocycles. The van der Waals surface area contributed by atoms with Gasteiger partial charge in [-0.3, -0.25) is 14.4 Å². The van der Waals surface area contributed by atoms with Crippen LogP contribution in [0.2, 0.25) is 0 Å². The fourth-order valence-corrected chi connectivity index (χ4v) is 15.4. The van der Waals surface area contributed by atoms with Crippen molar-refractivity contribution < 1.29 is 242 Å². The minimum absolute atomic E-state index is 0.915. The maximum atomic E-state index is 13.7. The van der Waals surface area contributed by atoms with Crippen LogP contribution in [0.1, 0.15) is 34.6 Å². The van der Waals surface area contributed by atoms with Crippen molar-refractivity contribution in [1.29, 1.82) is 0 Å². The molecule has 10 aliphatic rings. The molecule has 52 nitrogen and oxygen atoms in total. The van der Waals surface area contributed by atoms with Gasteiger partial charge in [-0.05, 0) is 13.8 Å². The lowest BCUT2D eigenvalue weighted by molar-refractivity contribution is -0.395. The number of hydrogen-bond donors (Lipinski definition) is 30. The molecule has 0 aromatic rings. The molecule has 0 saturated carbocycles. The Hall–Kier alpha value is -3.43. The third-order valence-electron chi connectivity index (χ3n) is 22.0. The topological polar surface area (TPSA) is 809 Å². The zero-order valence-electron chi connectivity index (χ0n) is 63.6. The van der Waals surface area contributed by atoms with E-state index in [1.165, 1.54) is 13.8 Å². The van der Waals surface area contributed by atoms with Crippen LogP contribution in [0.25, 0.3) is 0 Å². The van der Waals surface area contributed by atoms with Crippen molar-refractivity contribution in [1.82, 2.24) is 16.0 Å². The normalized spacial score (nSPS) is 51.1. The number of hydrogen-bond acceptors (Lipinski definition) is 49. The molecule has 10 rings (SSSR count).